The zero-order chi connectivity index (χ0) is 17.3. The van der Waals surface area contributed by atoms with Crippen LogP contribution >= 0.6 is 0 Å². The van der Waals surface area contributed by atoms with E-state index in [1.165, 1.54) is 0 Å². The fourth-order valence-corrected chi connectivity index (χ4v) is 2.55. The first-order valence-corrected chi connectivity index (χ1v) is 7.96. The molecule has 2 aromatic rings. The second kappa shape index (κ2) is 6.04. The van der Waals surface area contributed by atoms with Crippen molar-refractivity contribution in [3.05, 3.63) is 47.8 Å². The van der Waals surface area contributed by atoms with Gasteiger partial charge in [0.25, 0.3) is 0 Å². The van der Waals surface area contributed by atoms with Crippen LogP contribution in [-0.2, 0) is 4.74 Å². The maximum absolute atomic E-state index is 12.0. The Morgan fingerprint density at radius 2 is 1.92 bits per heavy atom. The molecule has 24 heavy (non-hydrogen) atoms. The highest BCUT2D eigenvalue weighted by atomic mass is 16.6. The zero-order valence-corrected chi connectivity index (χ0v) is 14.2. The normalized spacial score (nSPS) is 14.8. The summed E-state index contributed by atoms with van der Waals surface area (Å²) in [6.07, 6.45) is 7.03. The molecule has 1 aliphatic rings. The average molecular weight is 323 g/mol. The molecule has 3 rings (SSSR count). The average Bonchev–Trinajstić information content (AvgIpc) is 2.93. The Morgan fingerprint density at radius 3 is 2.50 bits per heavy atom. The van der Waals surface area contributed by atoms with E-state index in [1.807, 2.05) is 62.0 Å². The minimum Gasteiger partial charge on any atom is -0.444 e. The molecule has 0 aliphatic carbocycles. The molecule has 1 aromatic carbocycles. The lowest BCUT2D eigenvalue weighted by Gasteiger charge is -2.38. The number of aromatic nitrogens is 2. The van der Waals surface area contributed by atoms with Gasteiger partial charge in [-0.25, -0.2) is 9.48 Å². The van der Waals surface area contributed by atoms with Crippen molar-refractivity contribution in [3.8, 4) is 18.0 Å². The smallest absolute Gasteiger partial charge is 0.410 e. The predicted octanol–water partition coefficient (Wildman–Crippen LogP) is 3.19. The van der Waals surface area contributed by atoms with Crippen molar-refractivity contribution in [3.63, 3.8) is 0 Å². The minimum atomic E-state index is -0.464. The van der Waals surface area contributed by atoms with Gasteiger partial charge in [-0.1, -0.05) is 5.92 Å². The zero-order valence-electron chi connectivity index (χ0n) is 14.2. The number of hydrogen-bond acceptors (Lipinski definition) is 3. The van der Waals surface area contributed by atoms with Crippen LogP contribution in [0, 0.1) is 12.3 Å². The summed E-state index contributed by atoms with van der Waals surface area (Å²) in [5, 5.41) is 4.61. The summed E-state index contributed by atoms with van der Waals surface area (Å²) in [5.41, 5.74) is 2.33. The molecule has 1 fully saturated rings. The minimum absolute atomic E-state index is 0.253. The van der Waals surface area contributed by atoms with Gasteiger partial charge in [-0.05, 0) is 51.1 Å². The summed E-state index contributed by atoms with van der Waals surface area (Å²) < 4.78 is 7.19. The van der Waals surface area contributed by atoms with E-state index in [1.54, 1.807) is 4.90 Å². The van der Waals surface area contributed by atoms with Crippen molar-refractivity contribution in [1.82, 2.24) is 14.7 Å². The predicted molar refractivity (Wildman–Crippen MR) is 92.0 cm³/mol. The number of amides is 1. The van der Waals surface area contributed by atoms with E-state index in [9.17, 15) is 4.79 Å². The van der Waals surface area contributed by atoms with Crippen LogP contribution in [0.15, 0.2) is 36.5 Å². The Balaban J connectivity index is 1.61. The largest absolute Gasteiger partial charge is 0.444 e. The van der Waals surface area contributed by atoms with E-state index in [2.05, 4.69) is 11.0 Å². The van der Waals surface area contributed by atoms with E-state index < -0.39 is 5.60 Å². The van der Waals surface area contributed by atoms with Crippen molar-refractivity contribution < 1.29 is 9.53 Å². The number of nitrogens with zero attached hydrogens (tertiary/aromatic N) is 3. The monoisotopic (exact) mass is 323 g/mol. The van der Waals surface area contributed by atoms with Crippen molar-refractivity contribution in [2.45, 2.75) is 32.3 Å². The molecule has 1 aliphatic heterocycles. The van der Waals surface area contributed by atoms with Crippen LogP contribution < -0.4 is 0 Å². The van der Waals surface area contributed by atoms with Crippen LogP contribution in [-0.4, -0.2) is 39.5 Å². The lowest BCUT2D eigenvalue weighted by atomic mass is 9.97. The van der Waals surface area contributed by atoms with E-state index in [0.717, 1.165) is 16.9 Å². The molecule has 0 atom stereocenters. The fraction of sp³-hybridized carbons (Fsp3) is 0.368. The first kappa shape index (κ1) is 16.1. The molecule has 0 bridgehead atoms. The second-order valence-electron chi connectivity index (χ2n) is 6.96. The van der Waals surface area contributed by atoms with Crippen molar-refractivity contribution >= 4 is 6.09 Å². The quantitative estimate of drug-likeness (QED) is 0.798. The summed E-state index contributed by atoms with van der Waals surface area (Å²) in [7, 11) is 0. The molecular formula is C19H21N3O2. The molecule has 0 saturated carbocycles. The molecule has 0 N–H and O–H groups in total. The SMILES string of the molecule is C#Cc1ccc(-n2ccc(C3CN(C(=O)OC(C)(C)C)C3)n2)cc1. The van der Waals surface area contributed by atoms with E-state index in [4.69, 9.17) is 11.2 Å². The van der Waals surface area contributed by atoms with Crippen LogP contribution in [0.25, 0.3) is 5.69 Å². The van der Waals surface area contributed by atoms with Gasteiger partial charge in [-0.3, -0.25) is 0 Å². The van der Waals surface area contributed by atoms with E-state index in [-0.39, 0.29) is 12.0 Å². The van der Waals surface area contributed by atoms with Crippen LogP contribution in [0.4, 0.5) is 4.79 Å². The topological polar surface area (TPSA) is 47.4 Å². The number of hydrogen-bond donors (Lipinski definition) is 0. The molecule has 5 nitrogen and oxygen atoms in total. The Morgan fingerprint density at radius 1 is 1.25 bits per heavy atom. The van der Waals surface area contributed by atoms with E-state index in [0.29, 0.717) is 13.1 Å². The first-order valence-electron chi connectivity index (χ1n) is 7.96. The Labute approximate surface area is 142 Å². The summed E-state index contributed by atoms with van der Waals surface area (Å²) in [4.78, 5) is 13.7. The molecular weight excluding hydrogens is 302 g/mol. The summed E-state index contributed by atoms with van der Waals surface area (Å²) in [6, 6.07) is 9.67. The van der Waals surface area contributed by atoms with Crippen molar-refractivity contribution in [1.29, 1.82) is 0 Å². The fourth-order valence-electron chi connectivity index (χ4n) is 2.55. The Kier molecular flexibility index (Phi) is 4.06. The molecule has 1 saturated heterocycles. The number of ether oxygens (including phenoxy) is 1. The number of likely N-dealkylation sites (tertiary alicyclic amines) is 1. The summed E-state index contributed by atoms with van der Waals surface area (Å²) >= 11 is 0. The lowest BCUT2D eigenvalue weighted by Crippen LogP contribution is -2.50. The first-order chi connectivity index (χ1) is 11.4. The van der Waals surface area contributed by atoms with Crippen molar-refractivity contribution in [2.75, 3.05) is 13.1 Å². The number of carbonyl (C=O) groups is 1. The van der Waals surface area contributed by atoms with Crippen molar-refractivity contribution in [2.24, 2.45) is 0 Å². The molecule has 1 aromatic heterocycles. The molecule has 5 heteroatoms. The third kappa shape index (κ3) is 3.43. The van der Waals surface area contributed by atoms with Gasteiger partial charge in [0.1, 0.15) is 5.60 Å². The molecule has 124 valence electrons. The summed E-state index contributed by atoms with van der Waals surface area (Å²) in [6.45, 7) is 6.89. The van der Waals surface area contributed by atoms with Crippen LogP contribution in [0.3, 0.4) is 0 Å². The summed E-state index contributed by atoms with van der Waals surface area (Å²) in [5.74, 6) is 2.85. The standard InChI is InChI=1S/C19H21N3O2/c1-5-14-6-8-16(9-7-14)22-11-10-17(20-22)15-12-21(13-15)18(23)24-19(2,3)4/h1,6-11,15H,12-13H2,2-4H3. The van der Waals surface area contributed by atoms with Gasteiger partial charge in [-0.2, -0.15) is 5.10 Å². The molecule has 1 amide bonds. The van der Waals surface area contributed by atoms with Crippen LogP contribution in [0.2, 0.25) is 0 Å². The molecule has 2 heterocycles. The van der Waals surface area contributed by atoms with Gasteiger partial charge < -0.3 is 9.64 Å². The molecule has 0 spiro atoms. The maximum atomic E-state index is 12.0. The lowest BCUT2D eigenvalue weighted by molar-refractivity contribution is 0.00785. The Bertz CT molecular complexity index is 772. The second-order valence-corrected chi connectivity index (χ2v) is 6.96. The van der Waals surface area contributed by atoms with Crippen LogP contribution in [0.1, 0.15) is 37.9 Å². The van der Waals surface area contributed by atoms with Gasteiger partial charge in [0.05, 0.1) is 11.4 Å². The van der Waals surface area contributed by atoms with Crippen LogP contribution in [0.5, 0.6) is 0 Å². The molecule has 0 radical (unpaired) electrons. The van der Waals surface area contributed by atoms with Gasteiger partial charge in [0.2, 0.25) is 0 Å². The maximum Gasteiger partial charge on any atom is 0.410 e. The molecule has 0 unspecified atom stereocenters. The van der Waals surface area contributed by atoms with Gasteiger partial charge in [0, 0.05) is 30.8 Å². The van der Waals surface area contributed by atoms with Gasteiger partial charge in [-0.15, -0.1) is 6.42 Å². The third-order valence-electron chi connectivity index (χ3n) is 3.86. The number of terminal acetylenes is 1. The third-order valence-corrected chi connectivity index (χ3v) is 3.86. The number of rotatable bonds is 2. The van der Waals surface area contributed by atoms with Gasteiger partial charge >= 0.3 is 6.09 Å². The number of carbonyl (C=O) groups excluding carboxylic acids is 1. The van der Waals surface area contributed by atoms with E-state index >= 15 is 0 Å². The highest BCUT2D eigenvalue weighted by molar-refractivity contribution is 5.69. The Hall–Kier alpha value is -2.74. The highest BCUT2D eigenvalue weighted by Crippen LogP contribution is 2.27. The highest BCUT2D eigenvalue weighted by Gasteiger charge is 2.35. The number of benzene rings is 1. The van der Waals surface area contributed by atoms with Gasteiger partial charge in [0.15, 0.2) is 0 Å².